The van der Waals surface area contributed by atoms with E-state index in [0.29, 0.717) is 17.5 Å². The molecule has 0 saturated heterocycles. The molecular weight excluding hydrogens is 297 g/mol. The average molecular weight is 312 g/mol. The number of hydrogen-bond acceptors (Lipinski definition) is 4. The fourth-order valence-corrected chi connectivity index (χ4v) is 1.86. The number of halogens is 3. The molecule has 0 unspecified atom stereocenters. The average Bonchev–Trinajstić information content (AvgIpc) is 2.36. The lowest BCUT2D eigenvalue weighted by Gasteiger charge is -2.23. The molecule has 0 radical (unpaired) electrons. The summed E-state index contributed by atoms with van der Waals surface area (Å²) in [7, 11) is 0. The van der Waals surface area contributed by atoms with Gasteiger partial charge in [0.1, 0.15) is 5.82 Å². The molecule has 2 N–H and O–H groups in total. The predicted molar refractivity (Wildman–Crippen MR) is 77.6 cm³/mol. The Labute approximate surface area is 124 Å². The van der Waals surface area contributed by atoms with Crippen LogP contribution < -0.4 is 10.6 Å². The van der Waals surface area contributed by atoms with E-state index >= 15 is 0 Å². The summed E-state index contributed by atoms with van der Waals surface area (Å²) in [6, 6.07) is 4.41. The van der Waals surface area contributed by atoms with Gasteiger partial charge in [-0.1, -0.05) is 0 Å². The zero-order valence-corrected chi connectivity index (χ0v) is 12.2. The lowest BCUT2D eigenvalue weighted by atomic mass is 10.1. The van der Waals surface area contributed by atoms with E-state index < -0.39 is 17.5 Å². The van der Waals surface area contributed by atoms with Crippen LogP contribution in [0.15, 0.2) is 18.2 Å². The number of nitrogens with one attached hydrogen (secondary N) is 2. The SMILES string of the molecule is CC(C)(C)Nc1nc(C(F)(F)F)nc2ccc(NC=O)cc12. The molecule has 8 heteroatoms. The van der Waals surface area contributed by atoms with Gasteiger partial charge < -0.3 is 10.6 Å². The van der Waals surface area contributed by atoms with Crippen LogP contribution in [0, 0.1) is 0 Å². The van der Waals surface area contributed by atoms with Gasteiger partial charge >= 0.3 is 6.18 Å². The number of alkyl halides is 3. The van der Waals surface area contributed by atoms with E-state index in [-0.39, 0.29) is 11.3 Å². The van der Waals surface area contributed by atoms with Crippen molar-refractivity contribution in [1.82, 2.24) is 9.97 Å². The van der Waals surface area contributed by atoms with E-state index in [2.05, 4.69) is 20.6 Å². The van der Waals surface area contributed by atoms with Crippen LogP contribution in [0.25, 0.3) is 10.9 Å². The third-order valence-electron chi connectivity index (χ3n) is 2.67. The van der Waals surface area contributed by atoms with Crippen molar-refractivity contribution in [3.63, 3.8) is 0 Å². The number of hydrogen-bond donors (Lipinski definition) is 2. The Balaban J connectivity index is 2.67. The van der Waals surface area contributed by atoms with Crippen molar-refractivity contribution in [3.05, 3.63) is 24.0 Å². The van der Waals surface area contributed by atoms with E-state index in [1.165, 1.54) is 18.2 Å². The number of nitrogens with zero attached hydrogens (tertiary/aromatic N) is 2. The van der Waals surface area contributed by atoms with Gasteiger partial charge in [-0.15, -0.1) is 0 Å². The molecule has 0 fully saturated rings. The molecule has 22 heavy (non-hydrogen) atoms. The Morgan fingerprint density at radius 1 is 1.14 bits per heavy atom. The van der Waals surface area contributed by atoms with Crippen LogP contribution in [-0.4, -0.2) is 21.9 Å². The van der Waals surface area contributed by atoms with Crippen LogP contribution in [0.3, 0.4) is 0 Å². The van der Waals surface area contributed by atoms with Crippen LogP contribution in [-0.2, 0) is 11.0 Å². The lowest BCUT2D eigenvalue weighted by molar-refractivity contribution is -0.144. The number of anilines is 2. The normalized spacial score (nSPS) is 12.3. The predicted octanol–water partition coefficient (Wildman–Crippen LogP) is 3.43. The molecule has 0 spiro atoms. The van der Waals surface area contributed by atoms with Crippen molar-refractivity contribution >= 4 is 28.8 Å². The second kappa shape index (κ2) is 5.43. The first-order valence-corrected chi connectivity index (χ1v) is 6.47. The van der Waals surface area contributed by atoms with Crippen LogP contribution in [0.2, 0.25) is 0 Å². The maximum atomic E-state index is 12.9. The fraction of sp³-hybridized carbons (Fsp3) is 0.357. The van der Waals surface area contributed by atoms with Crippen LogP contribution >= 0.6 is 0 Å². The van der Waals surface area contributed by atoms with Gasteiger partial charge in [0.05, 0.1) is 5.52 Å². The summed E-state index contributed by atoms with van der Waals surface area (Å²) < 4.78 is 38.8. The van der Waals surface area contributed by atoms with Gasteiger partial charge in [0.25, 0.3) is 0 Å². The summed E-state index contributed by atoms with van der Waals surface area (Å²) in [5.41, 5.74) is 0.103. The van der Waals surface area contributed by atoms with Gasteiger partial charge in [0.15, 0.2) is 0 Å². The monoisotopic (exact) mass is 312 g/mol. The Kier molecular flexibility index (Phi) is 3.95. The first-order valence-electron chi connectivity index (χ1n) is 6.47. The molecule has 0 aliphatic carbocycles. The topological polar surface area (TPSA) is 66.9 Å². The molecule has 0 saturated carbocycles. The van der Waals surface area contributed by atoms with Gasteiger partial charge in [-0.05, 0) is 39.0 Å². The maximum absolute atomic E-state index is 12.9. The quantitative estimate of drug-likeness (QED) is 0.852. The largest absolute Gasteiger partial charge is 0.451 e. The summed E-state index contributed by atoms with van der Waals surface area (Å²) in [5.74, 6) is -1.14. The number of aromatic nitrogens is 2. The van der Waals surface area contributed by atoms with Crippen molar-refractivity contribution in [3.8, 4) is 0 Å². The molecular formula is C14H15F3N4O. The van der Waals surface area contributed by atoms with Gasteiger partial charge in [-0.25, -0.2) is 9.97 Å². The number of carbonyl (C=O) groups is 1. The number of carbonyl (C=O) groups excluding carboxylic acids is 1. The van der Waals surface area contributed by atoms with Crippen LogP contribution in [0.1, 0.15) is 26.6 Å². The number of fused-ring (bicyclic) bond motifs is 1. The first kappa shape index (κ1) is 16.0. The molecule has 1 aromatic carbocycles. The van der Waals surface area contributed by atoms with E-state index in [0.717, 1.165) is 0 Å². The molecule has 0 atom stereocenters. The Hall–Kier alpha value is -2.38. The molecule has 118 valence electrons. The molecule has 1 heterocycles. The van der Waals surface area contributed by atoms with Crippen molar-refractivity contribution in [2.45, 2.75) is 32.5 Å². The summed E-state index contributed by atoms with van der Waals surface area (Å²) in [6.07, 6.45) is -4.15. The number of amides is 1. The minimum Gasteiger partial charge on any atom is -0.365 e. The Morgan fingerprint density at radius 2 is 1.82 bits per heavy atom. The van der Waals surface area contributed by atoms with Crippen molar-refractivity contribution in [2.75, 3.05) is 10.6 Å². The standard InChI is InChI=1S/C14H15F3N4O/c1-13(2,3)21-11-9-6-8(18-7-22)4-5-10(9)19-12(20-11)14(15,16)17/h4-7H,1-3H3,(H,18,22)(H,19,20,21). The Morgan fingerprint density at radius 3 is 2.36 bits per heavy atom. The second-order valence-electron chi connectivity index (χ2n) is 5.76. The lowest BCUT2D eigenvalue weighted by Crippen LogP contribution is -2.27. The minimum atomic E-state index is -4.64. The van der Waals surface area contributed by atoms with Crippen LogP contribution in [0.5, 0.6) is 0 Å². The van der Waals surface area contributed by atoms with Gasteiger partial charge in [-0.3, -0.25) is 4.79 Å². The highest BCUT2D eigenvalue weighted by Crippen LogP contribution is 2.32. The summed E-state index contributed by atoms with van der Waals surface area (Å²) >= 11 is 0. The molecule has 0 aliphatic heterocycles. The van der Waals surface area contributed by atoms with Crippen molar-refractivity contribution in [2.24, 2.45) is 0 Å². The Bertz CT molecular complexity index is 708. The molecule has 1 aromatic heterocycles. The molecule has 0 bridgehead atoms. The minimum absolute atomic E-state index is 0.0689. The molecule has 2 aromatic rings. The van der Waals surface area contributed by atoms with Gasteiger partial charge in [0.2, 0.25) is 12.2 Å². The highest BCUT2D eigenvalue weighted by atomic mass is 19.4. The highest BCUT2D eigenvalue weighted by molar-refractivity contribution is 5.93. The smallest absolute Gasteiger partial charge is 0.365 e. The molecule has 5 nitrogen and oxygen atoms in total. The zero-order valence-electron chi connectivity index (χ0n) is 12.2. The fourth-order valence-electron chi connectivity index (χ4n) is 1.86. The molecule has 2 rings (SSSR count). The summed E-state index contributed by atoms with van der Waals surface area (Å²) in [4.78, 5) is 17.6. The van der Waals surface area contributed by atoms with E-state index in [1.54, 1.807) is 0 Å². The third-order valence-corrected chi connectivity index (χ3v) is 2.67. The van der Waals surface area contributed by atoms with Gasteiger partial charge in [-0.2, -0.15) is 13.2 Å². The highest BCUT2D eigenvalue weighted by Gasteiger charge is 2.35. The zero-order chi connectivity index (χ0) is 16.5. The second-order valence-corrected chi connectivity index (χ2v) is 5.76. The molecule has 1 amide bonds. The van der Waals surface area contributed by atoms with E-state index in [9.17, 15) is 18.0 Å². The maximum Gasteiger partial charge on any atom is 0.451 e. The summed E-state index contributed by atoms with van der Waals surface area (Å²) in [5, 5.41) is 5.79. The molecule has 0 aliphatic rings. The van der Waals surface area contributed by atoms with E-state index in [4.69, 9.17) is 0 Å². The van der Waals surface area contributed by atoms with Crippen LogP contribution in [0.4, 0.5) is 24.7 Å². The van der Waals surface area contributed by atoms with Crippen molar-refractivity contribution < 1.29 is 18.0 Å². The van der Waals surface area contributed by atoms with E-state index in [1.807, 2.05) is 20.8 Å². The van der Waals surface area contributed by atoms with Crippen molar-refractivity contribution in [1.29, 1.82) is 0 Å². The third kappa shape index (κ3) is 3.63. The van der Waals surface area contributed by atoms with Gasteiger partial charge in [0, 0.05) is 16.6 Å². The first-order chi connectivity index (χ1) is 10.1. The number of benzene rings is 1. The summed E-state index contributed by atoms with van der Waals surface area (Å²) in [6.45, 7) is 5.42. The number of rotatable bonds is 3.